The molecule has 4 heterocycles. The number of nitrogens with zero attached hydrogens (tertiary/aromatic N) is 4. The number of aromatic nitrogens is 2. The Hall–Kier alpha value is -2.31. The molecule has 152 valence electrons. The van der Waals surface area contributed by atoms with Gasteiger partial charge in [-0.1, -0.05) is 30.3 Å². The summed E-state index contributed by atoms with van der Waals surface area (Å²) in [6.45, 7) is 4.31. The van der Waals surface area contributed by atoms with Gasteiger partial charge in [0.25, 0.3) is 5.91 Å². The van der Waals surface area contributed by atoms with Crippen molar-refractivity contribution in [3.05, 3.63) is 47.9 Å². The van der Waals surface area contributed by atoms with Gasteiger partial charge in [0.05, 0.1) is 29.5 Å². The number of hydrogen-bond acceptors (Lipinski definition) is 5. The van der Waals surface area contributed by atoms with Crippen LogP contribution in [0.4, 0.5) is 0 Å². The van der Waals surface area contributed by atoms with E-state index in [4.69, 9.17) is 4.74 Å². The lowest BCUT2D eigenvalue weighted by molar-refractivity contribution is 0.00256. The summed E-state index contributed by atoms with van der Waals surface area (Å²) in [6.07, 6.45) is 4.21. The fraction of sp³-hybridized carbons (Fsp3) is 0.522. The molecule has 0 unspecified atom stereocenters. The van der Waals surface area contributed by atoms with Crippen LogP contribution in [0.5, 0.6) is 0 Å². The maximum Gasteiger partial charge on any atom is 0.257 e. The summed E-state index contributed by atoms with van der Waals surface area (Å²) in [7, 11) is 4.23. The lowest BCUT2D eigenvalue weighted by Gasteiger charge is -2.30. The van der Waals surface area contributed by atoms with Gasteiger partial charge in [0, 0.05) is 36.7 Å². The molecule has 1 amide bonds. The molecule has 0 saturated carbocycles. The Balaban J connectivity index is 1.45. The minimum Gasteiger partial charge on any atom is -0.369 e. The first-order chi connectivity index (χ1) is 14.0. The predicted octanol–water partition coefficient (Wildman–Crippen LogP) is 2.63. The molecular formula is C23H28N4O2. The summed E-state index contributed by atoms with van der Waals surface area (Å²) in [5.41, 5.74) is 2.09. The zero-order valence-corrected chi connectivity index (χ0v) is 17.3. The van der Waals surface area contributed by atoms with Gasteiger partial charge < -0.3 is 14.5 Å². The van der Waals surface area contributed by atoms with Crippen molar-refractivity contribution in [1.82, 2.24) is 19.8 Å². The number of amides is 1. The third kappa shape index (κ3) is 3.06. The van der Waals surface area contributed by atoms with E-state index in [9.17, 15) is 4.79 Å². The molecule has 3 aliphatic heterocycles. The van der Waals surface area contributed by atoms with Crippen molar-refractivity contribution in [2.45, 2.75) is 31.5 Å². The molecule has 2 aromatic rings. The van der Waals surface area contributed by atoms with E-state index < -0.39 is 0 Å². The van der Waals surface area contributed by atoms with Crippen LogP contribution in [0, 0.1) is 18.8 Å². The van der Waals surface area contributed by atoms with E-state index in [0.29, 0.717) is 41.6 Å². The number of rotatable bonds is 4. The van der Waals surface area contributed by atoms with E-state index >= 15 is 0 Å². The largest absolute Gasteiger partial charge is 0.369 e. The van der Waals surface area contributed by atoms with Crippen molar-refractivity contribution < 1.29 is 9.53 Å². The highest BCUT2D eigenvalue weighted by molar-refractivity contribution is 5.99. The molecule has 0 N–H and O–H groups in total. The Morgan fingerprint density at radius 3 is 2.86 bits per heavy atom. The summed E-state index contributed by atoms with van der Waals surface area (Å²) in [4.78, 5) is 26.7. The molecule has 0 aliphatic carbocycles. The lowest BCUT2D eigenvalue weighted by Crippen LogP contribution is -2.40. The Morgan fingerprint density at radius 1 is 1.31 bits per heavy atom. The van der Waals surface area contributed by atoms with Crippen LogP contribution in [0.3, 0.4) is 0 Å². The second-order valence-corrected chi connectivity index (χ2v) is 9.02. The Morgan fingerprint density at radius 2 is 2.10 bits per heavy atom. The first kappa shape index (κ1) is 18.7. The average Bonchev–Trinajstić information content (AvgIpc) is 3.37. The summed E-state index contributed by atoms with van der Waals surface area (Å²) >= 11 is 0. The van der Waals surface area contributed by atoms with E-state index in [1.165, 1.54) is 0 Å². The maximum atomic E-state index is 13.6. The molecule has 1 aromatic carbocycles. The van der Waals surface area contributed by atoms with Crippen LogP contribution in [-0.4, -0.2) is 71.1 Å². The molecular weight excluding hydrogens is 364 g/mol. The fourth-order valence-electron chi connectivity index (χ4n) is 5.62. The molecule has 1 aromatic heterocycles. The van der Waals surface area contributed by atoms with Crippen molar-refractivity contribution in [1.29, 1.82) is 0 Å². The topological polar surface area (TPSA) is 58.6 Å². The molecule has 2 bridgehead atoms. The number of carbonyl (C=O) groups is 1. The van der Waals surface area contributed by atoms with Crippen LogP contribution in [-0.2, 0) is 4.74 Å². The highest BCUT2D eigenvalue weighted by Crippen LogP contribution is 2.55. The number of benzene rings is 1. The van der Waals surface area contributed by atoms with Crippen LogP contribution >= 0.6 is 0 Å². The molecule has 3 fully saturated rings. The standard InChI is InChI=1S/C23H28N4O2/c1-15-24-11-17(21(25-15)16-7-5-4-6-8-16)22(28)27-13-19-18(12-26(2)3)20-9-10-23(19,14-27)29-20/h4-8,11,18-20H,9-10,12-14H2,1-3H3/t18-,19+,20+,23+/m1/s1. The smallest absolute Gasteiger partial charge is 0.257 e. The minimum absolute atomic E-state index is 0.0169. The van der Waals surface area contributed by atoms with Crippen molar-refractivity contribution in [2.75, 3.05) is 33.7 Å². The van der Waals surface area contributed by atoms with Crippen LogP contribution in [0.1, 0.15) is 29.0 Å². The molecule has 29 heavy (non-hydrogen) atoms. The highest BCUT2D eigenvalue weighted by atomic mass is 16.5. The van der Waals surface area contributed by atoms with E-state index in [2.05, 4.69) is 29.0 Å². The number of hydrogen-bond donors (Lipinski definition) is 0. The number of aryl methyl sites for hydroxylation is 1. The maximum absolute atomic E-state index is 13.6. The van der Waals surface area contributed by atoms with Crippen molar-refractivity contribution >= 4 is 5.91 Å². The first-order valence-electron chi connectivity index (χ1n) is 10.5. The lowest BCUT2D eigenvalue weighted by atomic mass is 9.73. The van der Waals surface area contributed by atoms with Gasteiger partial charge in [-0.2, -0.15) is 0 Å². The van der Waals surface area contributed by atoms with Gasteiger partial charge in [0.1, 0.15) is 5.82 Å². The molecule has 4 atom stereocenters. The summed E-state index contributed by atoms with van der Waals surface area (Å²) in [5.74, 6) is 1.60. The Bertz CT molecular complexity index is 932. The molecule has 6 heteroatoms. The summed E-state index contributed by atoms with van der Waals surface area (Å²) < 4.78 is 6.50. The van der Waals surface area contributed by atoms with Gasteiger partial charge in [-0.25, -0.2) is 9.97 Å². The van der Waals surface area contributed by atoms with Crippen LogP contribution in [0.25, 0.3) is 11.3 Å². The first-order valence-corrected chi connectivity index (χ1v) is 10.5. The van der Waals surface area contributed by atoms with Gasteiger partial charge in [-0.05, 0) is 33.9 Å². The summed E-state index contributed by atoms with van der Waals surface area (Å²) in [5, 5.41) is 0. The Labute approximate surface area is 171 Å². The van der Waals surface area contributed by atoms with Gasteiger partial charge >= 0.3 is 0 Å². The van der Waals surface area contributed by atoms with Crippen molar-refractivity contribution in [3.8, 4) is 11.3 Å². The Kier molecular flexibility index (Phi) is 4.44. The molecule has 6 nitrogen and oxygen atoms in total. The third-order valence-corrected chi connectivity index (χ3v) is 6.83. The minimum atomic E-state index is -0.153. The molecule has 3 aliphatic rings. The SMILES string of the molecule is Cc1ncc(C(=O)N2C[C@H]3[C@@H](CN(C)C)[C@@H]4CC[C@@]3(C2)O4)c(-c2ccccc2)n1. The zero-order chi connectivity index (χ0) is 20.2. The van der Waals surface area contributed by atoms with Gasteiger partial charge in [-0.3, -0.25) is 4.79 Å². The number of ether oxygens (including phenoxy) is 1. The van der Waals surface area contributed by atoms with E-state index in [1.54, 1.807) is 6.20 Å². The van der Waals surface area contributed by atoms with Crippen molar-refractivity contribution in [3.63, 3.8) is 0 Å². The highest BCUT2D eigenvalue weighted by Gasteiger charge is 2.63. The third-order valence-electron chi connectivity index (χ3n) is 6.83. The van der Waals surface area contributed by atoms with Crippen LogP contribution < -0.4 is 0 Å². The quantitative estimate of drug-likeness (QED) is 0.801. The monoisotopic (exact) mass is 392 g/mol. The van der Waals surface area contributed by atoms with E-state index in [0.717, 1.165) is 31.5 Å². The van der Waals surface area contributed by atoms with Crippen molar-refractivity contribution in [2.24, 2.45) is 11.8 Å². The number of likely N-dealkylation sites (tertiary alicyclic amines) is 1. The van der Waals surface area contributed by atoms with Crippen LogP contribution in [0.2, 0.25) is 0 Å². The zero-order valence-electron chi connectivity index (χ0n) is 17.3. The van der Waals surface area contributed by atoms with Crippen LogP contribution in [0.15, 0.2) is 36.5 Å². The fourth-order valence-corrected chi connectivity index (χ4v) is 5.62. The normalized spacial score (nSPS) is 30.2. The van der Waals surface area contributed by atoms with Gasteiger partial charge in [0.15, 0.2) is 0 Å². The molecule has 0 radical (unpaired) electrons. The van der Waals surface area contributed by atoms with Gasteiger partial charge in [-0.15, -0.1) is 0 Å². The predicted molar refractivity (Wildman–Crippen MR) is 110 cm³/mol. The summed E-state index contributed by atoms with van der Waals surface area (Å²) in [6, 6.07) is 9.90. The molecule has 5 rings (SSSR count). The number of carbonyl (C=O) groups excluding carboxylic acids is 1. The van der Waals surface area contributed by atoms with E-state index in [1.807, 2.05) is 42.2 Å². The average molecular weight is 393 g/mol. The van der Waals surface area contributed by atoms with E-state index in [-0.39, 0.29) is 11.5 Å². The molecule has 1 spiro atoms. The molecule has 3 saturated heterocycles. The second kappa shape index (κ2) is 6.89. The second-order valence-electron chi connectivity index (χ2n) is 9.02. The number of fused-ring (bicyclic) bond motifs is 1. The van der Waals surface area contributed by atoms with Gasteiger partial charge in [0.2, 0.25) is 0 Å².